The molecule has 0 aliphatic rings. The van der Waals surface area contributed by atoms with Gasteiger partial charge < -0.3 is 5.32 Å². The SMILES string of the molecule is CN(C)S(=O)(=O)CCC(=O)NCCc1ccc(Cl)cc1Cl. The Bertz CT molecular complexity index is 603. The van der Waals surface area contributed by atoms with Gasteiger partial charge in [-0.3, -0.25) is 4.79 Å². The van der Waals surface area contributed by atoms with Crippen LogP contribution in [-0.4, -0.2) is 45.0 Å². The quantitative estimate of drug-likeness (QED) is 0.815. The number of amides is 1. The van der Waals surface area contributed by atoms with Crippen LogP contribution in [0.25, 0.3) is 0 Å². The summed E-state index contributed by atoms with van der Waals surface area (Å²) in [7, 11) is -0.465. The minimum atomic E-state index is -3.35. The van der Waals surface area contributed by atoms with Crippen LogP contribution in [0.2, 0.25) is 10.0 Å². The molecule has 0 saturated heterocycles. The Morgan fingerprint density at radius 2 is 1.95 bits per heavy atom. The van der Waals surface area contributed by atoms with Crippen LogP contribution in [0.3, 0.4) is 0 Å². The van der Waals surface area contributed by atoms with Gasteiger partial charge in [-0.1, -0.05) is 29.3 Å². The molecule has 5 nitrogen and oxygen atoms in total. The summed E-state index contributed by atoms with van der Waals surface area (Å²) in [5.41, 5.74) is 0.877. The van der Waals surface area contributed by atoms with Gasteiger partial charge in [0.2, 0.25) is 15.9 Å². The van der Waals surface area contributed by atoms with Crippen LogP contribution >= 0.6 is 23.2 Å². The molecule has 0 aromatic heterocycles. The van der Waals surface area contributed by atoms with Gasteiger partial charge in [-0.05, 0) is 24.1 Å². The average molecular weight is 353 g/mol. The molecular formula is C13H18Cl2N2O3S. The van der Waals surface area contributed by atoms with Crippen molar-refractivity contribution < 1.29 is 13.2 Å². The fourth-order valence-corrected chi connectivity index (χ4v) is 2.87. The van der Waals surface area contributed by atoms with Crippen LogP contribution in [0.4, 0.5) is 0 Å². The number of rotatable bonds is 7. The summed E-state index contributed by atoms with van der Waals surface area (Å²) >= 11 is 11.8. The van der Waals surface area contributed by atoms with Gasteiger partial charge in [0.05, 0.1) is 5.75 Å². The molecule has 0 saturated carbocycles. The highest BCUT2D eigenvalue weighted by Crippen LogP contribution is 2.20. The normalized spacial score (nSPS) is 11.7. The lowest BCUT2D eigenvalue weighted by Crippen LogP contribution is -2.31. The summed E-state index contributed by atoms with van der Waals surface area (Å²) in [6, 6.07) is 5.17. The number of benzene rings is 1. The molecule has 8 heteroatoms. The number of carbonyl (C=O) groups excluding carboxylic acids is 1. The van der Waals surface area contributed by atoms with Crippen molar-refractivity contribution in [2.45, 2.75) is 12.8 Å². The first-order valence-corrected chi connectivity index (χ1v) is 8.69. The molecule has 0 unspecified atom stereocenters. The molecule has 21 heavy (non-hydrogen) atoms. The largest absolute Gasteiger partial charge is 0.356 e. The van der Waals surface area contributed by atoms with E-state index in [2.05, 4.69) is 5.32 Å². The van der Waals surface area contributed by atoms with Crippen LogP contribution < -0.4 is 5.32 Å². The van der Waals surface area contributed by atoms with Crippen molar-refractivity contribution >= 4 is 39.1 Å². The third-order valence-electron chi connectivity index (χ3n) is 2.88. The zero-order valence-electron chi connectivity index (χ0n) is 11.9. The number of nitrogens with one attached hydrogen (secondary N) is 1. The average Bonchev–Trinajstić information content (AvgIpc) is 2.39. The Kier molecular flexibility index (Phi) is 6.93. The predicted octanol–water partition coefficient (Wildman–Crippen LogP) is 1.93. The predicted molar refractivity (Wildman–Crippen MR) is 85.3 cm³/mol. The van der Waals surface area contributed by atoms with Crippen molar-refractivity contribution in [1.82, 2.24) is 9.62 Å². The second-order valence-electron chi connectivity index (χ2n) is 4.68. The number of halogens is 2. The van der Waals surface area contributed by atoms with Crippen molar-refractivity contribution in [3.63, 3.8) is 0 Å². The highest BCUT2D eigenvalue weighted by Gasteiger charge is 2.15. The lowest BCUT2D eigenvalue weighted by atomic mass is 10.1. The fourth-order valence-electron chi connectivity index (χ4n) is 1.55. The maximum atomic E-state index is 11.6. The highest BCUT2D eigenvalue weighted by molar-refractivity contribution is 7.89. The van der Waals surface area contributed by atoms with E-state index >= 15 is 0 Å². The van der Waals surface area contributed by atoms with E-state index in [1.54, 1.807) is 18.2 Å². The Labute approximate surface area is 135 Å². The molecule has 1 aromatic rings. The smallest absolute Gasteiger partial charge is 0.221 e. The Morgan fingerprint density at radius 1 is 1.29 bits per heavy atom. The summed E-state index contributed by atoms with van der Waals surface area (Å²) in [6.07, 6.45) is 0.497. The van der Waals surface area contributed by atoms with Crippen molar-refractivity contribution in [3.05, 3.63) is 33.8 Å². The van der Waals surface area contributed by atoms with Gasteiger partial charge in [0.1, 0.15) is 0 Å². The molecule has 0 heterocycles. The van der Waals surface area contributed by atoms with Crippen LogP contribution in [0.15, 0.2) is 18.2 Å². The van der Waals surface area contributed by atoms with Crippen LogP contribution in [0.5, 0.6) is 0 Å². The maximum absolute atomic E-state index is 11.6. The van der Waals surface area contributed by atoms with E-state index < -0.39 is 10.0 Å². The number of hydrogen-bond donors (Lipinski definition) is 1. The van der Waals surface area contributed by atoms with Crippen LogP contribution in [0.1, 0.15) is 12.0 Å². The Morgan fingerprint density at radius 3 is 2.52 bits per heavy atom. The minimum absolute atomic E-state index is 0.0607. The third-order valence-corrected chi connectivity index (χ3v) is 5.29. The summed E-state index contributed by atoms with van der Waals surface area (Å²) in [4.78, 5) is 11.6. The van der Waals surface area contributed by atoms with Gasteiger partial charge in [-0.15, -0.1) is 0 Å². The molecule has 0 aliphatic carbocycles. The molecule has 0 atom stereocenters. The molecule has 1 N–H and O–H groups in total. The van der Waals surface area contributed by atoms with E-state index in [9.17, 15) is 13.2 Å². The summed E-state index contributed by atoms with van der Waals surface area (Å²) in [5, 5.41) is 3.78. The Balaban J connectivity index is 2.37. The fraction of sp³-hybridized carbons (Fsp3) is 0.462. The minimum Gasteiger partial charge on any atom is -0.356 e. The van der Waals surface area contributed by atoms with Crippen LogP contribution in [0, 0.1) is 0 Å². The first-order valence-electron chi connectivity index (χ1n) is 6.33. The van der Waals surface area contributed by atoms with Crippen molar-refractivity contribution in [1.29, 1.82) is 0 Å². The monoisotopic (exact) mass is 352 g/mol. The molecule has 1 amide bonds. The first kappa shape index (κ1) is 18.2. The van der Waals surface area contributed by atoms with Gasteiger partial charge in [0, 0.05) is 37.1 Å². The standard InChI is InChI=1S/C13H18Cl2N2O3S/c1-17(2)21(19,20)8-6-13(18)16-7-5-10-3-4-11(14)9-12(10)15/h3-4,9H,5-8H2,1-2H3,(H,16,18). The van der Waals surface area contributed by atoms with Gasteiger partial charge in [0.25, 0.3) is 0 Å². The molecule has 0 fully saturated rings. The highest BCUT2D eigenvalue weighted by atomic mass is 35.5. The van der Waals surface area contributed by atoms with Crippen molar-refractivity contribution in [3.8, 4) is 0 Å². The molecule has 0 aliphatic heterocycles. The number of carbonyl (C=O) groups is 1. The van der Waals surface area contributed by atoms with Gasteiger partial charge in [-0.2, -0.15) is 0 Å². The number of nitrogens with zero attached hydrogens (tertiary/aromatic N) is 1. The number of hydrogen-bond acceptors (Lipinski definition) is 3. The topological polar surface area (TPSA) is 66.5 Å². The zero-order chi connectivity index (χ0) is 16.0. The zero-order valence-corrected chi connectivity index (χ0v) is 14.2. The van der Waals surface area contributed by atoms with Gasteiger partial charge >= 0.3 is 0 Å². The van der Waals surface area contributed by atoms with Crippen LogP contribution in [-0.2, 0) is 21.2 Å². The number of sulfonamides is 1. The van der Waals surface area contributed by atoms with E-state index in [1.165, 1.54) is 14.1 Å². The van der Waals surface area contributed by atoms with Crippen molar-refractivity contribution in [2.75, 3.05) is 26.4 Å². The molecule has 0 spiro atoms. The molecule has 1 rings (SSSR count). The van der Waals surface area contributed by atoms with Gasteiger partial charge in [-0.25, -0.2) is 12.7 Å². The van der Waals surface area contributed by atoms with E-state index in [-0.39, 0.29) is 18.1 Å². The molecule has 0 bridgehead atoms. The van der Waals surface area contributed by atoms with Gasteiger partial charge in [0.15, 0.2) is 0 Å². The maximum Gasteiger partial charge on any atom is 0.221 e. The Hall–Kier alpha value is -0.820. The molecular weight excluding hydrogens is 335 g/mol. The summed E-state index contributed by atoms with van der Waals surface area (Å²) in [6.45, 7) is 0.391. The summed E-state index contributed by atoms with van der Waals surface area (Å²) < 4.78 is 24.2. The lowest BCUT2D eigenvalue weighted by molar-refractivity contribution is -0.120. The van der Waals surface area contributed by atoms with E-state index in [4.69, 9.17) is 23.2 Å². The van der Waals surface area contributed by atoms with E-state index in [0.29, 0.717) is 23.0 Å². The molecule has 1 aromatic carbocycles. The molecule has 118 valence electrons. The third kappa shape index (κ3) is 6.22. The van der Waals surface area contributed by atoms with E-state index in [1.807, 2.05) is 0 Å². The van der Waals surface area contributed by atoms with E-state index in [0.717, 1.165) is 9.87 Å². The molecule has 0 radical (unpaired) electrons. The second kappa shape index (κ2) is 7.98. The van der Waals surface area contributed by atoms with Crippen molar-refractivity contribution in [2.24, 2.45) is 0 Å². The lowest BCUT2D eigenvalue weighted by Gasteiger charge is -2.11. The first-order chi connectivity index (χ1) is 9.72. The second-order valence-corrected chi connectivity index (χ2v) is 7.83. The summed E-state index contributed by atoms with van der Waals surface area (Å²) in [5.74, 6) is -0.501.